The maximum absolute atomic E-state index is 12.7. The van der Waals surface area contributed by atoms with Crippen molar-refractivity contribution < 1.29 is 42.1 Å². The van der Waals surface area contributed by atoms with Crippen LogP contribution < -0.4 is 4.89 Å². The fourth-order valence-electron chi connectivity index (χ4n) is 8.18. The highest BCUT2D eigenvalue weighted by Crippen LogP contribution is 2.38. The zero-order valence-corrected chi connectivity index (χ0v) is 44.6. The van der Waals surface area contributed by atoms with Crippen LogP contribution in [0, 0.1) is 0 Å². The predicted molar refractivity (Wildman–Crippen MR) is 273 cm³/mol. The van der Waals surface area contributed by atoms with Crippen LogP contribution in [0.3, 0.4) is 0 Å². The van der Waals surface area contributed by atoms with Crippen molar-refractivity contribution in [1.29, 1.82) is 0 Å². The molecule has 9 nitrogen and oxygen atoms in total. The summed E-state index contributed by atoms with van der Waals surface area (Å²) in [7, 11) is 1.18. The number of hydrogen-bond acceptors (Lipinski definition) is 8. The van der Waals surface area contributed by atoms with E-state index in [4.69, 9.17) is 18.5 Å². The first kappa shape index (κ1) is 63.8. The Kier molecular flexibility index (Phi) is 46.9. The number of rotatable bonds is 52. The van der Waals surface area contributed by atoms with Gasteiger partial charge in [-0.1, -0.05) is 238 Å². The number of phosphoric ester groups is 1. The van der Waals surface area contributed by atoms with Crippen LogP contribution in [0.2, 0.25) is 0 Å². The summed E-state index contributed by atoms with van der Waals surface area (Å²) in [5.41, 5.74) is 0. The van der Waals surface area contributed by atoms with Gasteiger partial charge in [-0.05, 0) is 38.5 Å². The lowest BCUT2D eigenvalue weighted by Gasteiger charge is -2.28. The third kappa shape index (κ3) is 52.0. The summed E-state index contributed by atoms with van der Waals surface area (Å²) in [6.45, 7) is 4.20. The number of carbonyl (C=O) groups excluding carboxylic acids is 2. The average molecular weight is 942 g/mol. The normalized spacial score (nSPS) is 13.4. The van der Waals surface area contributed by atoms with E-state index >= 15 is 0 Å². The summed E-state index contributed by atoms with van der Waals surface area (Å²) < 4.78 is 33.8. The second-order valence-electron chi connectivity index (χ2n) is 20.3. The van der Waals surface area contributed by atoms with Crippen molar-refractivity contribution in [3.05, 3.63) is 12.2 Å². The smallest absolute Gasteiger partial charge is 0.306 e. The number of likely N-dealkylation sites (N-methyl/N-ethyl adjacent to an activating group) is 1. The first-order chi connectivity index (χ1) is 31.5. The van der Waals surface area contributed by atoms with Gasteiger partial charge >= 0.3 is 11.9 Å². The molecule has 0 rings (SSSR count). The number of nitrogens with zero attached hydrogens (tertiary/aromatic N) is 1. The summed E-state index contributed by atoms with van der Waals surface area (Å²) >= 11 is 0. The van der Waals surface area contributed by atoms with Crippen LogP contribution >= 0.6 is 7.82 Å². The molecular formula is C55H108NO8P. The second kappa shape index (κ2) is 47.8. The third-order valence-electron chi connectivity index (χ3n) is 12.5. The van der Waals surface area contributed by atoms with Crippen molar-refractivity contribution in [2.45, 2.75) is 283 Å². The van der Waals surface area contributed by atoms with E-state index in [1.165, 1.54) is 205 Å². The van der Waals surface area contributed by atoms with Gasteiger partial charge in [0.2, 0.25) is 0 Å². The minimum atomic E-state index is -4.61. The minimum absolute atomic E-state index is 0.0269. The minimum Gasteiger partial charge on any atom is -0.756 e. The Morgan fingerprint density at radius 2 is 0.785 bits per heavy atom. The molecule has 0 bridgehead atoms. The van der Waals surface area contributed by atoms with E-state index in [0.29, 0.717) is 17.4 Å². The molecule has 2 unspecified atom stereocenters. The van der Waals surface area contributed by atoms with E-state index < -0.39 is 26.5 Å². The molecule has 0 aliphatic rings. The largest absolute Gasteiger partial charge is 0.756 e. The van der Waals surface area contributed by atoms with Gasteiger partial charge in [-0.25, -0.2) is 0 Å². The Bertz CT molecular complexity index is 1110. The van der Waals surface area contributed by atoms with Crippen molar-refractivity contribution in [2.24, 2.45) is 0 Å². The van der Waals surface area contributed by atoms with Gasteiger partial charge in [0, 0.05) is 12.8 Å². The van der Waals surface area contributed by atoms with E-state index in [2.05, 4.69) is 26.0 Å². The fraction of sp³-hybridized carbons (Fsp3) is 0.927. The number of quaternary nitrogens is 1. The van der Waals surface area contributed by atoms with Crippen LogP contribution in [0.15, 0.2) is 12.2 Å². The van der Waals surface area contributed by atoms with Gasteiger partial charge in [0.05, 0.1) is 27.7 Å². The zero-order valence-electron chi connectivity index (χ0n) is 43.7. The molecule has 0 aromatic carbocycles. The first-order valence-corrected chi connectivity index (χ1v) is 29.4. The topological polar surface area (TPSA) is 111 Å². The number of esters is 2. The van der Waals surface area contributed by atoms with Gasteiger partial charge in [0.15, 0.2) is 6.10 Å². The monoisotopic (exact) mass is 942 g/mol. The van der Waals surface area contributed by atoms with E-state index in [1.807, 2.05) is 21.1 Å². The summed E-state index contributed by atoms with van der Waals surface area (Å²) in [6, 6.07) is 0. The van der Waals surface area contributed by atoms with Crippen LogP contribution in [-0.2, 0) is 32.7 Å². The highest BCUT2D eigenvalue weighted by Gasteiger charge is 2.21. The Labute approximate surface area is 403 Å². The van der Waals surface area contributed by atoms with Crippen molar-refractivity contribution in [3.63, 3.8) is 0 Å². The molecule has 0 saturated carbocycles. The molecule has 65 heavy (non-hydrogen) atoms. The Hall–Kier alpha value is -1.25. The lowest BCUT2D eigenvalue weighted by Crippen LogP contribution is -2.37. The highest BCUT2D eigenvalue weighted by molar-refractivity contribution is 7.45. The first-order valence-electron chi connectivity index (χ1n) is 27.9. The summed E-state index contributed by atoms with van der Waals surface area (Å²) in [4.78, 5) is 37.4. The van der Waals surface area contributed by atoms with Crippen LogP contribution in [0.1, 0.15) is 277 Å². The zero-order chi connectivity index (χ0) is 47.8. The van der Waals surface area contributed by atoms with Crippen molar-refractivity contribution in [1.82, 2.24) is 0 Å². The number of allylic oxidation sites excluding steroid dienone is 2. The number of unbranched alkanes of at least 4 members (excludes halogenated alkanes) is 36. The Morgan fingerprint density at radius 1 is 0.462 bits per heavy atom. The maximum atomic E-state index is 12.7. The van der Waals surface area contributed by atoms with Gasteiger partial charge in [-0.2, -0.15) is 0 Å². The molecular weight excluding hydrogens is 834 g/mol. The van der Waals surface area contributed by atoms with Crippen molar-refractivity contribution in [3.8, 4) is 0 Å². The molecule has 0 spiro atoms. The quantitative estimate of drug-likeness (QED) is 0.0195. The van der Waals surface area contributed by atoms with Crippen LogP contribution in [0.5, 0.6) is 0 Å². The fourth-order valence-corrected chi connectivity index (χ4v) is 8.91. The molecule has 0 saturated heterocycles. The molecule has 386 valence electrons. The Morgan fingerprint density at radius 3 is 1.14 bits per heavy atom. The van der Waals surface area contributed by atoms with Gasteiger partial charge in [0.25, 0.3) is 7.82 Å². The Balaban J connectivity index is 3.78. The maximum Gasteiger partial charge on any atom is 0.306 e. The summed E-state index contributed by atoms with van der Waals surface area (Å²) in [6.07, 6.45) is 54.7. The molecule has 10 heteroatoms. The predicted octanol–water partition coefficient (Wildman–Crippen LogP) is 16.2. The van der Waals surface area contributed by atoms with Gasteiger partial charge in [0.1, 0.15) is 19.8 Å². The molecule has 0 aliphatic heterocycles. The molecule has 0 heterocycles. The van der Waals surface area contributed by atoms with Gasteiger partial charge in [-0.3, -0.25) is 14.2 Å². The number of carbonyl (C=O) groups is 2. The number of phosphoric acid groups is 1. The second-order valence-corrected chi connectivity index (χ2v) is 21.7. The number of hydrogen-bond donors (Lipinski definition) is 0. The SMILES string of the molecule is CCCCCCCCCC/C=C\CCCCCCCCCCCCCCCCCCCCCCCCCC(=O)OC(COC(=O)CCCCCCCC)COP(=O)([O-])OCC[N+](C)(C)C. The molecule has 0 N–H and O–H groups in total. The van der Waals surface area contributed by atoms with Crippen molar-refractivity contribution >= 4 is 19.8 Å². The van der Waals surface area contributed by atoms with Gasteiger partial charge in [-0.15, -0.1) is 0 Å². The van der Waals surface area contributed by atoms with E-state index in [9.17, 15) is 19.0 Å². The molecule has 0 aromatic heterocycles. The summed E-state index contributed by atoms with van der Waals surface area (Å²) in [5, 5.41) is 0. The van der Waals surface area contributed by atoms with Gasteiger partial charge < -0.3 is 27.9 Å². The van der Waals surface area contributed by atoms with Crippen LogP contribution in [-0.4, -0.2) is 70.0 Å². The van der Waals surface area contributed by atoms with Crippen LogP contribution in [0.25, 0.3) is 0 Å². The molecule has 0 amide bonds. The molecule has 0 fully saturated rings. The molecule has 0 radical (unpaired) electrons. The molecule has 2 atom stereocenters. The lowest BCUT2D eigenvalue weighted by molar-refractivity contribution is -0.870. The van der Waals surface area contributed by atoms with Crippen LogP contribution in [0.4, 0.5) is 0 Å². The molecule has 0 aromatic rings. The average Bonchev–Trinajstić information content (AvgIpc) is 3.26. The van der Waals surface area contributed by atoms with E-state index in [1.54, 1.807) is 0 Å². The summed E-state index contributed by atoms with van der Waals surface area (Å²) in [5.74, 6) is -0.830. The van der Waals surface area contributed by atoms with Crippen molar-refractivity contribution in [2.75, 3.05) is 47.5 Å². The molecule has 0 aliphatic carbocycles. The lowest BCUT2D eigenvalue weighted by atomic mass is 10.0. The highest BCUT2D eigenvalue weighted by atomic mass is 31.2. The third-order valence-corrected chi connectivity index (χ3v) is 13.5. The number of ether oxygens (including phenoxy) is 2. The van der Waals surface area contributed by atoms with E-state index in [0.717, 1.165) is 38.5 Å². The van der Waals surface area contributed by atoms with E-state index in [-0.39, 0.29) is 32.0 Å². The standard InChI is InChI=1S/C55H108NO8P/c1-6-8-10-12-14-15-16-17-18-19-20-21-22-23-24-25-26-27-28-29-30-31-32-33-34-35-36-37-38-39-40-41-42-44-46-48-55(58)64-53(51-61-54(57)47-45-43-13-11-9-7-2)52-63-65(59,60)62-50-49-56(3,4)5/h19-20,53H,6-18,21-52H2,1-5H3/b20-19-.